The lowest BCUT2D eigenvalue weighted by atomic mass is 10.2. The van der Waals surface area contributed by atoms with Crippen LogP contribution in [0.25, 0.3) is 0 Å². The van der Waals surface area contributed by atoms with Crippen LogP contribution in [-0.4, -0.2) is 18.3 Å². The highest BCUT2D eigenvalue weighted by Crippen LogP contribution is 1.90. The van der Waals surface area contributed by atoms with E-state index in [0.717, 1.165) is 13.0 Å². The van der Waals surface area contributed by atoms with E-state index in [9.17, 15) is 0 Å². The number of unbranched alkanes of at least 4 members (excludes halogenated alkanes) is 2. The molecule has 0 amide bonds. The third kappa shape index (κ3) is 9.50. The summed E-state index contributed by atoms with van der Waals surface area (Å²) in [7, 11) is 0. The Morgan fingerprint density at radius 1 is 1.36 bits per heavy atom. The molecule has 0 spiro atoms. The Labute approximate surface area is 69.3 Å². The second-order valence-corrected chi connectivity index (χ2v) is 2.58. The number of rotatable bonds is 7. The van der Waals surface area contributed by atoms with Gasteiger partial charge >= 0.3 is 0 Å². The maximum Gasteiger partial charge on any atom is 0.0466 e. The molecule has 0 aromatic heterocycles. The first-order valence-corrected chi connectivity index (χ1v) is 4.41. The highest BCUT2D eigenvalue weighted by atomic mass is 16.2. The minimum absolute atomic E-state index is 0.243. The molecule has 0 rings (SSSR count). The van der Waals surface area contributed by atoms with Crippen molar-refractivity contribution in [1.29, 1.82) is 0 Å². The van der Waals surface area contributed by atoms with Crippen LogP contribution >= 0.6 is 0 Å². The number of nitrogens with one attached hydrogen (secondary N) is 1. The van der Waals surface area contributed by atoms with Crippen molar-refractivity contribution in [3.8, 4) is 0 Å². The zero-order chi connectivity index (χ0) is 8.36. The highest BCUT2D eigenvalue weighted by molar-refractivity contribution is 4.78. The summed E-state index contributed by atoms with van der Waals surface area (Å²) in [5, 5.41) is 11.6. The first-order chi connectivity index (χ1) is 5.41. The highest BCUT2D eigenvalue weighted by Gasteiger charge is 1.81. The fourth-order valence-electron chi connectivity index (χ4n) is 0.802. The van der Waals surface area contributed by atoms with Crippen LogP contribution in [0, 0.1) is 0 Å². The maximum atomic E-state index is 8.43. The normalized spacial score (nSPS) is 10.7. The molecule has 0 heterocycles. The molecule has 0 atom stereocenters. The summed E-state index contributed by atoms with van der Waals surface area (Å²) >= 11 is 0. The Balaban J connectivity index is 2.89. The Hall–Kier alpha value is -0.500. The van der Waals surface area contributed by atoms with Crippen LogP contribution < -0.4 is 5.32 Å². The van der Waals surface area contributed by atoms with E-state index in [4.69, 9.17) is 5.11 Å². The van der Waals surface area contributed by atoms with Crippen molar-refractivity contribution in [2.75, 3.05) is 13.2 Å². The van der Waals surface area contributed by atoms with Crippen molar-refractivity contribution < 1.29 is 5.11 Å². The summed E-state index contributed by atoms with van der Waals surface area (Å²) in [4.78, 5) is 0. The summed E-state index contributed by atoms with van der Waals surface area (Å²) < 4.78 is 0. The predicted octanol–water partition coefficient (Wildman–Crippen LogP) is 1.66. The van der Waals surface area contributed by atoms with Gasteiger partial charge in [-0.15, -0.1) is 0 Å². The Bertz CT molecular complexity index is 91.6. The second kappa shape index (κ2) is 9.50. The van der Waals surface area contributed by atoms with Gasteiger partial charge < -0.3 is 10.4 Å². The molecule has 0 fully saturated rings. The average Bonchev–Trinajstić information content (AvgIpc) is 2.03. The lowest BCUT2D eigenvalue weighted by molar-refractivity contribution is 0.302. The average molecular weight is 157 g/mol. The van der Waals surface area contributed by atoms with Crippen molar-refractivity contribution in [2.45, 2.75) is 32.6 Å². The predicted molar refractivity (Wildman–Crippen MR) is 48.4 cm³/mol. The molecule has 0 radical (unpaired) electrons. The molecule has 0 bridgehead atoms. The third-order valence-corrected chi connectivity index (χ3v) is 1.46. The van der Waals surface area contributed by atoms with Gasteiger partial charge in [0.05, 0.1) is 0 Å². The fraction of sp³-hybridized carbons (Fsp3) is 0.778. The van der Waals surface area contributed by atoms with Gasteiger partial charge in [0.15, 0.2) is 0 Å². The molecule has 0 saturated heterocycles. The number of hydrogen-bond acceptors (Lipinski definition) is 2. The molecule has 0 aromatic rings. The summed E-state index contributed by atoms with van der Waals surface area (Å²) in [5.41, 5.74) is 0. The molecular formula is C9H19NO. The van der Waals surface area contributed by atoms with Crippen LogP contribution in [0.1, 0.15) is 32.6 Å². The Morgan fingerprint density at radius 2 is 2.18 bits per heavy atom. The first kappa shape index (κ1) is 10.5. The van der Waals surface area contributed by atoms with Crippen LogP contribution in [-0.2, 0) is 0 Å². The van der Waals surface area contributed by atoms with Gasteiger partial charge in [0, 0.05) is 13.2 Å². The minimum Gasteiger partial charge on any atom is -0.396 e. The van der Waals surface area contributed by atoms with Gasteiger partial charge in [-0.3, -0.25) is 0 Å². The van der Waals surface area contributed by atoms with E-state index in [0.29, 0.717) is 0 Å². The monoisotopic (exact) mass is 157 g/mol. The summed E-state index contributed by atoms with van der Waals surface area (Å²) in [6.07, 6.45) is 8.42. The maximum absolute atomic E-state index is 8.43. The van der Waals surface area contributed by atoms with Gasteiger partial charge in [0.2, 0.25) is 0 Å². The SMILES string of the molecule is CCCCCN/C=C/CCO. The summed E-state index contributed by atoms with van der Waals surface area (Å²) in [6.45, 7) is 3.49. The third-order valence-electron chi connectivity index (χ3n) is 1.46. The molecule has 11 heavy (non-hydrogen) atoms. The van der Waals surface area contributed by atoms with Crippen molar-refractivity contribution in [1.82, 2.24) is 5.32 Å². The number of aliphatic hydroxyl groups is 1. The van der Waals surface area contributed by atoms with E-state index in [1.54, 1.807) is 0 Å². The van der Waals surface area contributed by atoms with Crippen LogP contribution in [0.4, 0.5) is 0 Å². The van der Waals surface area contributed by atoms with Crippen molar-refractivity contribution >= 4 is 0 Å². The van der Waals surface area contributed by atoms with Gasteiger partial charge in [0.25, 0.3) is 0 Å². The lowest BCUT2D eigenvalue weighted by Crippen LogP contribution is -2.06. The number of hydrogen-bond donors (Lipinski definition) is 2. The molecule has 2 nitrogen and oxygen atoms in total. The van der Waals surface area contributed by atoms with Crippen LogP contribution in [0.5, 0.6) is 0 Å². The van der Waals surface area contributed by atoms with Crippen LogP contribution in [0.15, 0.2) is 12.3 Å². The van der Waals surface area contributed by atoms with Gasteiger partial charge in [-0.2, -0.15) is 0 Å². The minimum atomic E-state index is 0.243. The van der Waals surface area contributed by atoms with E-state index in [1.807, 2.05) is 12.3 Å². The van der Waals surface area contributed by atoms with E-state index in [-0.39, 0.29) is 6.61 Å². The van der Waals surface area contributed by atoms with Crippen molar-refractivity contribution in [2.24, 2.45) is 0 Å². The van der Waals surface area contributed by atoms with Gasteiger partial charge in [-0.05, 0) is 19.0 Å². The molecule has 0 aliphatic carbocycles. The zero-order valence-electron chi connectivity index (χ0n) is 7.34. The standard InChI is InChI=1S/C9H19NO/c1-2-3-4-7-10-8-5-6-9-11/h5,8,10-11H,2-4,6-7,9H2,1H3/b8-5+. The molecule has 2 heteroatoms. The fourth-order valence-corrected chi connectivity index (χ4v) is 0.802. The second-order valence-electron chi connectivity index (χ2n) is 2.58. The molecule has 0 aliphatic rings. The largest absolute Gasteiger partial charge is 0.396 e. The molecular weight excluding hydrogens is 138 g/mol. The molecule has 2 N–H and O–H groups in total. The summed E-state index contributed by atoms with van der Waals surface area (Å²) in [6, 6.07) is 0. The zero-order valence-corrected chi connectivity index (χ0v) is 7.34. The quantitative estimate of drug-likeness (QED) is 0.551. The lowest BCUT2D eigenvalue weighted by Gasteiger charge is -1.97. The molecule has 0 aromatic carbocycles. The molecule has 0 saturated carbocycles. The van der Waals surface area contributed by atoms with Crippen LogP contribution in [0.3, 0.4) is 0 Å². The van der Waals surface area contributed by atoms with Crippen molar-refractivity contribution in [3.63, 3.8) is 0 Å². The van der Waals surface area contributed by atoms with E-state index < -0.39 is 0 Å². The topological polar surface area (TPSA) is 32.3 Å². The Kier molecular flexibility index (Phi) is 9.07. The first-order valence-electron chi connectivity index (χ1n) is 4.41. The van der Waals surface area contributed by atoms with Crippen molar-refractivity contribution in [3.05, 3.63) is 12.3 Å². The number of aliphatic hydroxyl groups excluding tert-OH is 1. The van der Waals surface area contributed by atoms with Gasteiger partial charge in [-0.1, -0.05) is 25.8 Å². The molecule has 0 aliphatic heterocycles. The van der Waals surface area contributed by atoms with Gasteiger partial charge in [-0.25, -0.2) is 0 Å². The smallest absolute Gasteiger partial charge is 0.0466 e. The van der Waals surface area contributed by atoms with E-state index >= 15 is 0 Å². The van der Waals surface area contributed by atoms with Crippen LogP contribution in [0.2, 0.25) is 0 Å². The molecule has 66 valence electrons. The van der Waals surface area contributed by atoms with E-state index in [1.165, 1.54) is 19.3 Å². The van der Waals surface area contributed by atoms with E-state index in [2.05, 4.69) is 12.2 Å². The Morgan fingerprint density at radius 3 is 2.82 bits per heavy atom. The molecule has 0 unspecified atom stereocenters. The van der Waals surface area contributed by atoms with Gasteiger partial charge in [0.1, 0.15) is 0 Å². The summed E-state index contributed by atoms with van der Waals surface area (Å²) in [5.74, 6) is 0.